The van der Waals surface area contributed by atoms with E-state index in [4.69, 9.17) is 10.5 Å². The molecule has 3 N–H and O–H groups in total. The molecule has 1 aliphatic rings. The quantitative estimate of drug-likeness (QED) is 0.415. The molecular weight excluding hydrogens is 429 g/mol. The monoisotopic (exact) mass is 453 g/mol. The minimum absolute atomic E-state index is 0.0613. The van der Waals surface area contributed by atoms with Gasteiger partial charge < -0.3 is 20.4 Å². The van der Waals surface area contributed by atoms with Gasteiger partial charge in [0.05, 0.1) is 12.2 Å². The highest BCUT2D eigenvalue weighted by molar-refractivity contribution is 6.44. The van der Waals surface area contributed by atoms with E-state index in [-0.39, 0.29) is 28.7 Å². The molecule has 0 saturated carbocycles. The van der Waals surface area contributed by atoms with Gasteiger partial charge in [0.2, 0.25) is 5.88 Å². The summed E-state index contributed by atoms with van der Waals surface area (Å²) >= 11 is 0. The van der Waals surface area contributed by atoms with Gasteiger partial charge in [-0.3, -0.25) is 19.3 Å². The summed E-state index contributed by atoms with van der Waals surface area (Å²) in [5, 5.41) is 0.334. The van der Waals surface area contributed by atoms with E-state index < -0.39 is 11.7 Å². The summed E-state index contributed by atoms with van der Waals surface area (Å²) in [5.74, 6) is -2.33. The molecular formula is C23H24FN5O4. The first-order chi connectivity index (χ1) is 15.9. The molecule has 0 aliphatic carbocycles. The van der Waals surface area contributed by atoms with Gasteiger partial charge in [-0.1, -0.05) is 12.1 Å². The Bertz CT molecular complexity index is 1200. The second-order valence-electron chi connectivity index (χ2n) is 7.76. The zero-order valence-electron chi connectivity index (χ0n) is 18.1. The number of hydrogen-bond acceptors (Lipinski definition) is 6. The number of hydrogen-bond donors (Lipinski definition) is 2. The molecule has 1 fully saturated rings. The number of nitrogens with one attached hydrogen (secondary N) is 1. The zero-order valence-corrected chi connectivity index (χ0v) is 18.1. The number of nitrogens with zero attached hydrogens (tertiary/aromatic N) is 3. The number of carbonyl (C=O) groups is 3. The number of aromatic nitrogens is 2. The summed E-state index contributed by atoms with van der Waals surface area (Å²) in [6, 6.07) is 7.90. The van der Waals surface area contributed by atoms with Crippen LogP contribution < -0.4 is 10.5 Å². The average Bonchev–Trinajstić information content (AvgIpc) is 3.22. The van der Waals surface area contributed by atoms with Gasteiger partial charge in [-0.2, -0.15) is 4.98 Å². The molecule has 0 bridgehead atoms. The second kappa shape index (κ2) is 9.37. The van der Waals surface area contributed by atoms with Gasteiger partial charge in [-0.05, 0) is 30.7 Å². The van der Waals surface area contributed by atoms with Crippen LogP contribution in [0.2, 0.25) is 0 Å². The third kappa shape index (κ3) is 4.70. The lowest BCUT2D eigenvalue weighted by Crippen LogP contribution is -2.48. The van der Waals surface area contributed by atoms with Crippen molar-refractivity contribution < 1.29 is 23.5 Å². The number of primary amides is 1. The van der Waals surface area contributed by atoms with Crippen LogP contribution in [0.5, 0.6) is 5.88 Å². The molecule has 3 heterocycles. The number of ether oxygens (including phenoxy) is 1. The van der Waals surface area contributed by atoms with Crippen molar-refractivity contribution in [1.82, 2.24) is 19.8 Å². The number of piperazine rings is 1. The number of halogens is 1. The van der Waals surface area contributed by atoms with Crippen LogP contribution in [0.4, 0.5) is 4.39 Å². The van der Waals surface area contributed by atoms with Gasteiger partial charge in [-0.15, -0.1) is 0 Å². The highest BCUT2D eigenvalue weighted by Crippen LogP contribution is 2.27. The maximum Gasteiger partial charge on any atom is 0.289 e. The number of pyridine rings is 1. The fourth-order valence-corrected chi connectivity index (χ4v) is 3.88. The molecule has 10 heteroatoms. The Labute approximate surface area is 189 Å². The predicted molar refractivity (Wildman–Crippen MR) is 118 cm³/mol. The van der Waals surface area contributed by atoms with Crippen molar-refractivity contribution in [2.45, 2.75) is 13.5 Å². The summed E-state index contributed by atoms with van der Waals surface area (Å²) in [5.41, 5.74) is 6.74. The van der Waals surface area contributed by atoms with Crippen molar-refractivity contribution in [2.24, 2.45) is 5.73 Å². The Balaban J connectivity index is 1.53. The molecule has 2 amide bonds. The number of fused-ring (bicyclic) bond motifs is 1. The number of nitrogens with two attached hydrogens (primary N) is 1. The summed E-state index contributed by atoms with van der Waals surface area (Å²) < 4.78 is 18.7. The minimum atomic E-state index is -1.09. The lowest BCUT2D eigenvalue weighted by molar-refractivity contribution is -0.114. The van der Waals surface area contributed by atoms with E-state index in [9.17, 15) is 18.8 Å². The molecule has 0 radical (unpaired) electrons. The van der Waals surface area contributed by atoms with Crippen LogP contribution in [0.1, 0.15) is 33.2 Å². The van der Waals surface area contributed by atoms with E-state index in [1.165, 1.54) is 24.4 Å². The fraction of sp³-hybridized carbons (Fsp3) is 0.304. The Kier molecular flexibility index (Phi) is 6.36. The minimum Gasteiger partial charge on any atom is -0.477 e. The smallest absolute Gasteiger partial charge is 0.289 e. The normalized spacial score (nSPS) is 14.4. The third-order valence-corrected chi connectivity index (χ3v) is 5.59. The van der Waals surface area contributed by atoms with Gasteiger partial charge >= 0.3 is 0 Å². The molecule has 0 atom stereocenters. The Morgan fingerprint density at radius 3 is 2.45 bits per heavy atom. The SMILES string of the molecule is CCOc1nc2[nH]cc(C(=O)C(N)=O)c2cc1C(=O)N1CCN(Cc2ccc(F)cc2)CC1. The standard InChI is InChI=1S/C23H24FN5O4/c1-2-33-22-17(11-16-18(19(30)20(25)31)12-26-21(16)27-22)23(32)29-9-7-28(8-10-29)13-14-3-5-15(24)6-4-14/h3-6,11-12H,2,7-10,13H2,1H3,(H2,25,31)(H,26,27). The second-order valence-corrected chi connectivity index (χ2v) is 7.76. The number of rotatable bonds is 7. The summed E-state index contributed by atoms with van der Waals surface area (Å²) in [7, 11) is 0. The molecule has 2 aromatic heterocycles. The van der Waals surface area contributed by atoms with E-state index in [1.54, 1.807) is 24.0 Å². The summed E-state index contributed by atoms with van der Waals surface area (Å²) in [6.45, 7) is 5.04. The van der Waals surface area contributed by atoms with Crippen LogP contribution in [0.25, 0.3) is 11.0 Å². The highest BCUT2D eigenvalue weighted by atomic mass is 19.1. The molecule has 172 valence electrons. The van der Waals surface area contributed by atoms with Crippen LogP contribution in [-0.4, -0.2) is 70.2 Å². The summed E-state index contributed by atoms with van der Waals surface area (Å²) in [6.07, 6.45) is 1.35. The maximum atomic E-state index is 13.3. The predicted octanol–water partition coefficient (Wildman–Crippen LogP) is 1.73. The zero-order chi connectivity index (χ0) is 23.5. The first-order valence-electron chi connectivity index (χ1n) is 10.6. The van der Waals surface area contributed by atoms with Crippen LogP contribution in [0, 0.1) is 5.82 Å². The fourth-order valence-electron chi connectivity index (χ4n) is 3.88. The van der Waals surface area contributed by atoms with E-state index in [0.717, 1.165) is 5.56 Å². The first-order valence-corrected chi connectivity index (χ1v) is 10.6. The van der Waals surface area contributed by atoms with Crippen LogP contribution >= 0.6 is 0 Å². The number of carbonyl (C=O) groups excluding carboxylic acids is 3. The Hall–Kier alpha value is -3.79. The van der Waals surface area contributed by atoms with Gasteiger partial charge in [-0.25, -0.2) is 4.39 Å². The molecule has 4 rings (SSSR count). The lowest BCUT2D eigenvalue weighted by atomic mass is 10.1. The Morgan fingerprint density at radius 2 is 1.82 bits per heavy atom. The van der Waals surface area contributed by atoms with Gasteiger partial charge in [0.25, 0.3) is 17.6 Å². The average molecular weight is 453 g/mol. The number of H-pyrrole nitrogens is 1. The van der Waals surface area contributed by atoms with E-state index in [0.29, 0.717) is 50.4 Å². The van der Waals surface area contributed by atoms with E-state index >= 15 is 0 Å². The number of benzene rings is 1. The molecule has 3 aromatic rings. The Morgan fingerprint density at radius 1 is 1.12 bits per heavy atom. The topological polar surface area (TPSA) is 122 Å². The van der Waals surface area contributed by atoms with Crippen molar-refractivity contribution in [1.29, 1.82) is 0 Å². The highest BCUT2D eigenvalue weighted by Gasteiger charge is 2.27. The number of Topliss-reactive ketones (excluding diaryl/α,β-unsaturated/α-hetero) is 1. The van der Waals surface area contributed by atoms with Crippen molar-refractivity contribution in [3.63, 3.8) is 0 Å². The number of aromatic amines is 1. The molecule has 0 spiro atoms. The molecule has 1 saturated heterocycles. The molecule has 1 aromatic carbocycles. The van der Waals surface area contributed by atoms with Crippen LogP contribution in [0.15, 0.2) is 36.5 Å². The van der Waals surface area contributed by atoms with Crippen molar-refractivity contribution in [3.8, 4) is 5.88 Å². The van der Waals surface area contributed by atoms with Crippen molar-refractivity contribution in [2.75, 3.05) is 32.8 Å². The summed E-state index contributed by atoms with van der Waals surface area (Å²) in [4.78, 5) is 47.9. The number of amides is 2. The molecule has 0 unspecified atom stereocenters. The van der Waals surface area contributed by atoms with Crippen molar-refractivity contribution in [3.05, 3.63) is 59.0 Å². The number of ketones is 1. The largest absolute Gasteiger partial charge is 0.477 e. The van der Waals surface area contributed by atoms with E-state index in [2.05, 4.69) is 14.9 Å². The van der Waals surface area contributed by atoms with Crippen LogP contribution in [-0.2, 0) is 11.3 Å². The molecule has 9 nitrogen and oxygen atoms in total. The lowest BCUT2D eigenvalue weighted by Gasteiger charge is -2.35. The van der Waals surface area contributed by atoms with Crippen LogP contribution in [0.3, 0.4) is 0 Å². The molecule has 1 aliphatic heterocycles. The van der Waals surface area contributed by atoms with Gasteiger partial charge in [0.1, 0.15) is 17.0 Å². The van der Waals surface area contributed by atoms with Crippen molar-refractivity contribution >= 4 is 28.6 Å². The maximum absolute atomic E-state index is 13.3. The van der Waals surface area contributed by atoms with Gasteiger partial charge in [0.15, 0.2) is 0 Å². The molecule has 33 heavy (non-hydrogen) atoms. The third-order valence-electron chi connectivity index (χ3n) is 5.59. The first kappa shape index (κ1) is 22.4. The van der Waals surface area contributed by atoms with E-state index in [1.807, 2.05) is 0 Å². The van der Waals surface area contributed by atoms with Gasteiger partial charge in [0, 0.05) is 44.3 Å².